The Labute approximate surface area is 186 Å². The summed E-state index contributed by atoms with van der Waals surface area (Å²) in [4.78, 5) is 19.7. The van der Waals surface area contributed by atoms with Crippen LogP contribution in [0.25, 0.3) is 10.2 Å². The number of amides is 1. The van der Waals surface area contributed by atoms with Gasteiger partial charge >= 0.3 is 0 Å². The molecule has 0 atom stereocenters. The average molecular weight is 459 g/mol. The summed E-state index contributed by atoms with van der Waals surface area (Å²) < 4.78 is 26.6. The Morgan fingerprint density at radius 3 is 2.45 bits per heavy atom. The molecule has 0 aliphatic carbocycles. The van der Waals surface area contributed by atoms with E-state index in [-0.39, 0.29) is 10.8 Å². The predicted octanol–water partition coefficient (Wildman–Crippen LogP) is 3.19. The van der Waals surface area contributed by atoms with Gasteiger partial charge in [-0.25, -0.2) is 17.7 Å². The lowest BCUT2D eigenvalue weighted by atomic mass is 9.97. The SMILES string of the molecule is CN(C)S(=O)(=O)c1ccc(C(=O)NCC2CCN(c3nc4ccccc4s3)CC2)cc1. The largest absolute Gasteiger partial charge is 0.352 e. The van der Waals surface area contributed by atoms with Crippen LogP contribution in [0, 0.1) is 5.92 Å². The molecule has 3 aromatic rings. The first-order valence-electron chi connectivity index (χ1n) is 10.3. The molecule has 1 aromatic heterocycles. The summed E-state index contributed by atoms with van der Waals surface area (Å²) in [6.45, 7) is 2.47. The second kappa shape index (κ2) is 8.94. The van der Waals surface area contributed by atoms with Gasteiger partial charge in [0.2, 0.25) is 10.0 Å². The number of hydrogen-bond donors (Lipinski definition) is 1. The Morgan fingerprint density at radius 2 is 1.81 bits per heavy atom. The molecule has 0 bridgehead atoms. The van der Waals surface area contributed by atoms with Crippen LogP contribution in [0.5, 0.6) is 0 Å². The van der Waals surface area contributed by atoms with Crippen molar-refractivity contribution in [3.63, 3.8) is 0 Å². The number of aromatic nitrogens is 1. The molecule has 1 aliphatic rings. The van der Waals surface area contributed by atoms with E-state index in [0.29, 0.717) is 18.0 Å². The number of benzene rings is 2. The molecule has 2 aromatic carbocycles. The molecule has 1 saturated heterocycles. The number of sulfonamides is 1. The van der Waals surface area contributed by atoms with Gasteiger partial charge < -0.3 is 10.2 Å². The average Bonchev–Trinajstić information content (AvgIpc) is 3.22. The van der Waals surface area contributed by atoms with E-state index in [0.717, 1.165) is 40.9 Å². The van der Waals surface area contributed by atoms with Gasteiger partial charge in [-0.1, -0.05) is 23.5 Å². The van der Waals surface area contributed by atoms with Crippen LogP contribution in [0.15, 0.2) is 53.4 Å². The van der Waals surface area contributed by atoms with Crippen LogP contribution in [-0.4, -0.2) is 57.3 Å². The molecule has 1 amide bonds. The fraction of sp³-hybridized carbons (Fsp3) is 0.364. The summed E-state index contributed by atoms with van der Waals surface area (Å²) in [5.41, 5.74) is 1.51. The van der Waals surface area contributed by atoms with E-state index in [1.165, 1.54) is 30.9 Å². The summed E-state index contributed by atoms with van der Waals surface area (Å²) in [5.74, 6) is 0.241. The van der Waals surface area contributed by atoms with Crippen molar-refractivity contribution in [1.29, 1.82) is 0 Å². The zero-order chi connectivity index (χ0) is 22.0. The summed E-state index contributed by atoms with van der Waals surface area (Å²) in [5, 5.41) is 4.06. The first-order valence-corrected chi connectivity index (χ1v) is 12.5. The van der Waals surface area contributed by atoms with E-state index in [4.69, 9.17) is 4.98 Å². The third kappa shape index (κ3) is 4.73. The molecule has 0 unspecified atom stereocenters. The number of carbonyl (C=O) groups excluding carboxylic acids is 1. The fourth-order valence-corrected chi connectivity index (χ4v) is 5.57. The molecule has 0 saturated carbocycles. The van der Waals surface area contributed by atoms with E-state index in [9.17, 15) is 13.2 Å². The van der Waals surface area contributed by atoms with Gasteiger partial charge in [-0.05, 0) is 55.2 Å². The quantitative estimate of drug-likeness (QED) is 0.613. The Bertz CT molecular complexity index is 1130. The number of rotatable bonds is 6. The lowest BCUT2D eigenvalue weighted by Crippen LogP contribution is -2.38. The van der Waals surface area contributed by atoms with E-state index >= 15 is 0 Å². The van der Waals surface area contributed by atoms with Gasteiger partial charge in [0.15, 0.2) is 5.13 Å². The molecule has 1 N–H and O–H groups in total. The number of para-hydroxylation sites is 1. The van der Waals surface area contributed by atoms with Crippen LogP contribution >= 0.6 is 11.3 Å². The maximum atomic E-state index is 12.5. The number of piperidine rings is 1. The molecule has 1 aliphatic heterocycles. The Hall–Kier alpha value is -2.49. The predicted molar refractivity (Wildman–Crippen MR) is 124 cm³/mol. The Balaban J connectivity index is 1.29. The summed E-state index contributed by atoms with van der Waals surface area (Å²) in [6, 6.07) is 14.2. The fourth-order valence-electron chi connectivity index (χ4n) is 3.65. The molecule has 1 fully saturated rings. The molecule has 0 radical (unpaired) electrons. The molecule has 7 nitrogen and oxygen atoms in total. The number of nitrogens with one attached hydrogen (secondary N) is 1. The lowest BCUT2D eigenvalue weighted by Gasteiger charge is -2.31. The highest BCUT2D eigenvalue weighted by molar-refractivity contribution is 7.89. The van der Waals surface area contributed by atoms with Crippen molar-refractivity contribution in [3.8, 4) is 0 Å². The van der Waals surface area contributed by atoms with Gasteiger partial charge in [0.1, 0.15) is 0 Å². The second-order valence-electron chi connectivity index (χ2n) is 7.92. The standard InChI is InChI=1S/C22H26N4O3S2/c1-25(2)31(28,29)18-9-7-17(8-10-18)21(27)23-15-16-11-13-26(14-12-16)22-24-19-5-3-4-6-20(19)30-22/h3-10,16H,11-15H2,1-2H3,(H,23,27). The third-order valence-electron chi connectivity index (χ3n) is 5.61. The zero-order valence-corrected chi connectivity index (χ0v) is 19.2. The minimum absolute atomic E-state index is 0.177. The van der Waals surface area contributed by atoms with Crippen LogP contribution in [0.2, 0.25) is 0 Å². The van der Waals surface area contributed by atoms with Crippen LogP contribution in [-0.2, 0) is 10.0 Å². The van der Waals surface area contributed by atoms with Crippen molar-refractivity contribution in [2.75, 3.05) is 38.6 Å². The number of anilines is 1. The summed E-state index contributed by atoms with van der Waals surface area (Å²) >= 11 is 1.72. The highest BCUT2D eigenvalue weighted by atomic mass is 32.2. The van der Waals surface area contributed by atoms with E-state index < -0.39 is 10.0 Å². The highest BCUT2D eigenvalue weighted by Crippen LogP contribution is 2.31. The Morgan fingerprint density at radius 1 is 1.13 bits per heavy atom. The van der Waals surface area contributed by atoms with Gasteiger partial charge in [0.05, 0.1) is 15.1 Å². The minimum atomic E-state index is -3.49. The van der Waals surface area contributed by atoms with Gasteiger partial charge in [0.25, 0.3) is 5.91 Å². The van der Waals surface area contributed by atoms with Crippen molar-refractivity contribution >= 4 is 42.6 Å². The van der Waals surface area contributed by atoms with Gasteiger partial charge in [-0.3, -0.25) is 4.79 Å². The van der Waals surface area contributed by atoms with Crippen molar-refractivity contribution in [1.82, 2.24) is 14.6 Å². The second-order valence-corrected chi connectivity index (χ2v) is 11.1. The topological polar surface area (TPSA) is 82.6 Å². The van der Waals surface area contributed by atoms with Crippen molar-refractivity contribution in [2.24, 2.45) is 5.92 Å². The molecular weight excluding hydrogens is 432 g/mol. The van der Waals surface area contributed by atoms with Crippen molar-refractivity contribution in [3.05, 3.63) is 54.1 Å². The first-order chi connectivity index (χ1) is 14.8. The maximum absolute atomic E-state index is 12.5. The number of hydrogen-bond acceptors (Lipinski definition) is 6. The summed E-state index contributed by atoms with van der Waals surface area (Å²) in [6.07, 6.45) is 1.99. The highest BCUT2D eigenvalue weighted by Gasteiger charge is 2.22. The third-order valence-corrected chi connectivity index (χ3v) is 8.54. The Kier molecular flexibility index (Phi) is 6.27. The summed E-state index contributed by atoms with van der Waals surface area (Å²) in [7, 11) is -0.525. The normalized spacial score (nSPS) is 15.5. The van der Waals surface area contributed by atoms with Crippen LogP contribution in [0.1, 0.15) is 23.2 Å². The molecule has 164 valence electrons. The molecule has 9 heteroatoms. The minimum Gasteiger partial charge on any atom is -0.352 e. The lowest BCUT2D eigenvalue weighted by molar-refractivity contribution is 0.0945. The first kappa shape index (κ1) is 21.7. The van der Waals surface area contributed by atoms with Crippen LogP contribution < -0.4 is 10.2 Å². The maximum Gasteiger partial charge on any atom is 0.251 e. The van der Waals surface area contributed by atoms with E-state index in [1.807, 2.05) is 18.2 Å². The van der Waals surface area contributed by atoms with E-state index in [2.05, 4.69) is 16.3 Å². The smallest absolute Gasteiger partial charge is 0.251 e. The van der Waals surface area contributed by atoms with Gasteiger partial charge in [-0.15, -0.1) is 0 Å². The van der Waals surface area contributed by atoms with Gasteiger partial charge in [0, 0.05) is 39.3 Å². The molecule has 0 spiro atoms. The molecule has 31 heavy (non-hydrogen) atoms. The molecule has 2 heterocycles. The molecular formula is C22H26N4O3S2. The number of carbonyl (C=O) groups is 1. The van der Waals surface area contributed by atoms with Gasteiger partial charge in [-0.2, -0.15) is 0 Å². The molecule has 4 rings (SSSR count). The zero-order valence-electron chi connectivity index (χ0n) is 17.6. The van der Waals surface area contributed by atoms with Crippen molar-refractivity contribution in [2.45, 2.75) is 17.7 Å². The van der Waals surface area contributed by atoms with Crippen molar-refractivity contribution < 1.29 is 13.2 Å². The number of fused-ring (bicyclic) bond motifs is 1. The number of nitrogens with zero attached hydrogens (tertiary/aromatic N) is 3. The van der Waals surface area contributed by atoms with E-state index in [1.54, 1.807) is 23.5 Å². The monoisotopic (exact) mass is 458 g/mol. The van der Waals surface area contributed by atoms with Crippen LogP contribution in [0.4, 0.5) is 5.13 Å². The number of thiazole rings is 1. The van der Waals surface area contributed by atoms with Crippen LogP contribution in [0.3, 0.4) is 0 Å².